The van der Waals surface area contributed by atoms with Crippen LogP contribution in [0.15, 0.2) is 35.5 Å². The average molecular weight is 486 g/mol. The maximum Gasteiger partial charge on any atom is 0.534 e. The lowest BCUT2D eigenvalue weighted by Crippen LogP contribution is -2.57. The molecule has 1 aliphatic rings. The minimum atomic E-state index is -1.31. The third kappa shape index (κ3) is 6.96. The van der Waals surface area contributed by atoms with Crippen LogP contribution in [-0.4, -0.2) is 56.7 Å². The van der Waals surface area contributed by atoms with Crippen molar-refractivity contribution in [2.75, 3.05) is 0 Å². The van der Waals surface area contributed by atoms with Gasteiger partial charge in [-0.25, -0.2) is 4.79 Å². The van der Waals surface area contributed by atoms with E-state index in [1.54, 1.807) is 20.8 Å². The van der Waals surface area contributed by atoms with Gasteiger partial charge >= 0.3 is 6.16 Å². The Hall–Kier alpha value is -2.17. The molecule has 1 heterocycles. The van der Waals surface area contributed by atoms with Gasteiger partial charge in [-0.05, 0) is 49.2 Å². The Labute approximate surface area is 184 Å². The first-order valence-electron chi connectivity index (χ1n) is 9.57. The van der Waals surface area contributed by atoms with E-state index in [-0.39, 0.29) is 0 Å². The van der Waals surface area contributed by atoms with E-state index in [2.05, 4.69) is 21.1 Å². The van der Waals surface area contributed by atoms with E-state index in [9.17, 15) is 14.7 Å². The lowest BCUT2D eigenvalue weighted by Gasteiger charge is -2.34. The number of halogens is 1. The summed E-state index contributed by atoms with van der Waals surface area (Å²) in [4.78, 5) is 36.2. The summed E-state index contributed by atoms with van der Waals surface area (Å²) >= 11 is 3.29. The number of hydroxylamine groups is 2. The fraction of sp³-hybridized carbons (Fsp3) is 0.550. The Kier molecular flexibility index (Phi) is 8.22. The summed E-state index contributed by atoms with van der Waals surface area (Å²) in [6.45, 7) is 6.41. The Balaban J connectivity index is 2.36. The van der Waals surface area contributed by atoms with Gasteiger partial charge in [-0.3, -0.25) is 4.79 Å². The molecule has 0 fully saturated rings. The molecule has 10 heteroatoms. The molecule has 0 bridgehead atoms. The molecule has 166 valence electrons. The van der Waals surface area contributed by atoms with Crippen LogP contribution >= 0.6 is 15.9 Å². The summed E-state index contributed by atoms with van der Waals surface area (Å²) in [5.74, 6) is -0.775. The number of amides is 1. The minimum Gasteiger partial charge on any atom is -0.427 e. The number of carbonyl (C=O) groups is 2. The van der Waals surface area contributed by atoms with Crippen molar-refractivity contribution in [3.8, 4) is 0 Å². The van der Waals surface area contributed by atoms with Crippen molar-refractivity contribution in [2.24, 2.45) is 10.9 Å². The van der Waals surface area contributed by atoms with Crippen molar-refractivity contribution in [3.63, 3.8) is 0 Å². The molecular formula is C20H28BrN3O6. The van der Waals surface area contributed by atoms with Crippen molar-refractivity contribution < 1.29 is 29.1 Å². The van der Waals surface area contributed by atoms with Crippen LogP contribution in [0.3, 0.4) is 0 Å². The van der Waals surface area contributed by atoms with Crippen molar-refractivity contribution >= 4 is 32.6 Å². The van der Waals surface area contributed by atoms with Gasteiger partial charge in [0.05, 0.1) is 6.10 Å². The first-order valence-corrected chi connectivity index (χ1v) is 10.4. The lowest BCUT2D eigenvalue weighted by atomic mass is 9.98. The molecule has 2 rings (SSSR count). The molecule has 30 heavy (non-hydrogen) atoms. The standard InChI is InChI=1S/C20H28BrN3O6/c1-12(25)17(22)18(26)24(30-19(27)28-20(2,3)4)14(15-11-16(21)23-29-15)10-13-8-6-5-7-9-13/h5-9,12,14-15,17,25H,10-11,22H2,1-4H3/t12-,14?,15?,17+/m1/s1. The van der Waals surface area contributed by atoms with E-state index in [1.165, 1.54) is 6.92 Å². The van der Waals surface area contributed by atoms with Crippen LogP contribution in [0.2, 0.25) is 0 Å². The molecule has 9 nitrogen and oxygen atoms in total. The van der Waals surface area contributed by atoms with Crippen LogP contribution in [-0.2, 0) is 25.6 Å². The smallest absolute Gasteiger partial charge is 0.427 e. The lowest BCUT2D eigenvalue weighted by molar-refractivity contribution is -0.203. The normalized spacial score (nSPS) is 19.2. The van der Waals surface area contributed by atoms with Crippen LogP contribution in [0.1, 0.15) is 39.7 Å². The van der Waals surface area contributed by atoms with Gasteiger partial charge in [0.25, 0.3) is 5.91 Å². The van der Waals surface area contributed by atoms with Crippen molar-refractivity contribution in [1.29, 1.82) is 0 Å². The third-order valence-corrected chi connectivity index (χ3v) is 4.73. The second-order valence-corrected chi connectivity index (χ2v) is 8.97. The molecule has 3 N–H and O–H groups in total. The molecule has 0 radical (unpaired) electrons. The summed E-state index contributed by atoms with van der Waals surface area (Å²) in [6.07, 6.45) is -2.17. The molecule has 0 aromatic heterocycles. The molecule has 1 aromatic carbocycles. The number of nitrogens with zero attached hydrogens (tertiary/aromatic N) is 2. The number of carbonyl (C=O) groups excluding carboxylic acids is 2. The van der Waals surface area contributed by atoms with Crippen LogP contribution in [0.4, 0.5) is 4.79 Å². The van der Waals surface area contributed by atoms with E-state index in [4.69, 9.17) is 20.1 Å². The van der Waals surface area contributed by atoms with E-state index in [1.807, 2.05) is 30.3 Å². The first-order chi connectivity index (χ1) is 14.0. The van der Waals surface area contributed by atoms with E-state index < -0.39 is 42.0 Å². The number of hydrogen-bond acceptors (Lipinski definition) is 8. The van der Waals surface area contributed by atoms with Crippen LogP contribution < -0.4 is 5.73 Å². The number of oxime groups is 1. The SMILES string of the molecule is C[C@@H](O)[C@H](N)C(=O)N(OC(=O)OC(C)(C)C)C(Cc1ccccc1)C1CC(Br)=NO1. The van der Waals surface area contributed by atoms with Gasteiger partial charge in [0.15, 0.2) is 6.10 Å². The number of ether oxygens (including phenoxy) is 1. The maximum absolute atomic E-state index is 13.1. The zero-order valence-electron chi connectivity index (χ0n) is 17.4. The molecule has 0 saturated carbocycles. The number of nitrogens with two attached hydrogens (primary N) is 1. The van der Waals surface area contributed by atoms with Crippen molar-refractivity contribution in [1.82, 2.24) is 5.06 Å². The predicted octanol–water partition coefficient (Wildman–Crippen LogP) is 2.50. The van der Waals surface area contributed by atoms with Gasteiger partial charge < -0.3 is 25.3 Å². The van der Waals surface area contributed by atoms with Gasteiger partial charge in [-0.15, -0.1) is 0 Å². The predicted molar refractivity (Wildman–Crippen MR) is 114 cm³/mol. The monoisotopic (exact) mass is 485 g/mol. The van der Waals surface area contributed by atoms with Gasteiger partial charge in [-0.1, -0.05) is 35.5 Å². The van der Waals surface area contributed by atoms with E-state index in [0.717, 1.165) is 10.6 Å². The highest BCUT2D eigenvalue weighted by Gasteiger charge is 2.41. The summed E-state index contributed by atoms with van der Waals surface area (Å²) in [6, 6.07) is 7.26. The van der Waals surface area contributed by atoms with Gasteiger partial charge in [-0.2, -0.15) is 5.06 Å². The molecule has 2 unspecified atom stereocenters. The molecule has 0 spiro atoms. The molecule has 1 amide bonds. The van der Waals surface area contributed by atoms with Crippen LogP contribution in [0.25, 0.3) is 0 Å². The van der Waals surface area contributed by atoms with Crippen LogP contribution in [0, 0.1) is 0 Å². The molecule has 4 atom stereocenters. The Morgan fingerprint density at radius 2 is 2.00 bits per heavy atom. The highest BCUT2D eigenvalue weighted by molar-refractivity contribution is 9.18. The Morgan fingerprint density at radius 1 is 1.37 bits per heavy atom. The summed E-state index contributed by atoms with van der Waals surface area (Å²) in [7, 11) is 0. The Bertz CT molecular complexity index is 766. The number of rotatable bonds is 6. The number of aliphatic hydroxyl groups is 1. The van der Waals surface area contributed by atoms with Gasteiger partial charge in [0, 0.05) is 12.8 Å². The second kappa shape index (κ2) is 10.2. The minimum absolute atomic E-state index is 0.294. The first kappa shape index (κ1) is 24.1. The van der Waals surface area contributed by atoms with E-state index >= 15 is 0 Å². The highest BCUT2D eigenvalue weighted by Crippen LogP contribution is 2.25. The fourth-order valence-electron chi connectivity index (χ4n) is 2.77. The average Bonchev–Trinajstić information content (AvgIpc) is 3.08. The Morgan fingerprint density at radius 3 is 2.50 bits per heavy atom. The van der Waals surface area contributed by atoms with Crippen molar-refractivity contribution in [2.45, 2.75) is 70.4 Å². The molecule has 0 aliphatic carbocycles. The number of aliphatic hydroxyl groups excluding tert-OH is 1. The van der Waals surface area contributed by atoms with E-state index in [0.29, 0.717) is 17.5 Å². The largest absolute Gasteiger partial charge is 0.534 e. The second-order valence-electron chi connectivity index (χ2n) is 8.06. The zero-order chi connectivity index (χ0) is 22.5. The van der Waals surface area contributed by atoms with Crippen LogP contribution in [0.5, 0.6) is 0 Å². The number of hydrogen-bond donors (Lipinski definition) is 2. The fourth-order valence-corrected chi connectivity index (χ4v) is 3.17. The third-order valence-electron chi connectivity index (χ3n) is 4.26. The molecule has 1 aromatic rings. The quantitative estimate of drug-likeness (QED) is 0.468. The molecular weight excluding hydrogens is 458 g/mol. The summed E-state index contributed by atoms with van der Waals surface area (Å²) < 4.78 is 5.77. The topological polar surface area (TPSA) is 124 Å². The summed E-state index contributed by atoms with van der Waals surface area (Å²) in [5, 5.41) is 14.6. The van der Waals surface area contributed by atoms with Crippen molar-refractivity contribution in [3.05, 3.63) is 35.9 Å². The van der Waals surface area contributed by atoms with Gasteiger partial charge in [0.2, 0.25) is 0 Å². The van der Waals surface area contributed by atoms with Gasteiger partial charge in [0.1, 0.15) is 22.3 Å². The summed E-state index contributed by atoms with van der Waals surface area (Å²) in [5.41, 5.74) is 5.92. The zero-order valence-corrected chi connectivity index (χ0v) is 19.0. The molecule has 1 aliphatic heterocycles. The maximum atomic E-state index is 13.1. The number of benzene rings is 1. The highest BCUT2D eigenvalue weighted by atomic mass is 79.9. The molecule has 0 saturated heterocycles.